The fourth-order valence-electron chi connectivity index (χ4n) is 1.01. The van der Waals surface area contributed by atoms with Crippen molar-refractivity contribution in [2.24, 2.45) is 0 Å². The first-order valence-corrected chi connectivity index (χ1v) is 3.98. The van der Waals surface area contributed by atoms with Gasteiger partial charge in [-0.05, 0) is 18.2 Å². The lowest BCUT2D eigenvalue weighted by molar-refractivity contribution is -0.0503. The number of carbonyl (C=O) groups excluding carboxylic acids is 1. The minimum absolute atomic E-state index is 0.423. The Morgan fingerprint density at radius 1 is 1.19 bits per heavy atom. The Bertz CT molecular complexity index is 391. The van der Waals surface area contributed by atoms with E-state index in [9.17, 15) is 26.7 Å². The molecule has 0 saturated heterocycles. The van der Waals surface area contributed by atoms with Crippen LogP contribution in [-0.4, -0.2) is 18.8 Å². The largest absolute Gasteiger partial charge is 0.434 e. The van der Waals surface area contributed by atoms with Crippen molar-refractivity contribution in [3.05, 3.63) is 29.6 Å². The van der Waals surface area contributed by atoms with Crippen molar-refractivity contribution in [2.75, 3.05) is 0 Å². The first-order chi connectivity index (χ1) is 7.41. The van der Waals surface area contributed by atoms with Crippen LogP contribution in [0.2, 0.25) is 0 Å². The lowest BCUT2D eigenvalue weighted by Gasteiger charge is -2.09. The van der Waals surface area contributed by atoms with E-state index in [2.05, 4.69) is 4.74 Å². The van der Waals surface area contributed by atoms with Gasteiger partial charge >= 0.3 is 13.0 Å². The highest BCUT2D eigenvalue weighted by Crippen LogP contribution is 2.24. The van der Waals surface area contributed by atoms with Crippen molar-refractivity contribution in [2.45, 2.75) is 13.0 Å². The molecule has 1 aromatic rings. The number of alkyl halides is 4. The minimum atomic E-state index is -3.41. The Balaban J connectivity index is 3.12. The predicted octanol–water partition coefficient (Wildman–Crippen LogP) is 2.87. The third kappa shape index (κ3) is 2.91. The van der Waals surface area contributed by atoms with E-state index in [1.807, 2.05) is 0 Å². The van der Waals surface area contributed by atoms with Crippen molar-refractivity contribution in [3.8, 4) is 5.75 Å². The molecule has 0 aliphatic heterocycles. The van der Waals surface area contributed by atoms with E-state index in [1.54, 1.807) is 0 Å². The standard InChI is InChI=1S/C9H5F5O2/c10-4-1-2-6(16-9(13)14)5(3-4)7(15)8(11)12/h1-3,8-9H. The lowest BCUT2D eigenvalue weighted by atomic mass is 10.1. The topological polar surface area (TPSA) is 26.3 Å². The molecule has 0 bridgehead atoms. The zero-order chi connectivity index (χ0) is 12.3. The van der Waals surface area contributed by atoms with Crippen LogP contribution in [-0.2, 0) is 0 Å². The van der Waals surface area contributed by atoms with Gasteiger partial charge in [0.1, 0.15) is 11.6 Å². The molecule has 2 nitrogen and oxygen atoms in total. The molecule has 1 rings (SSSR count). The molecule has 0 aliphatic carbocycles. The van der Waals surface area contributed by atoms with E-state index < -0.39 is 36.0 Å². The molecule has 0 heterocycles. The molecule has 0 saturated carbocycles. The van der Waals surface area contributed by atoms with Gasteiger partial charge in [-0.3, -0.25) is 4.79 Å². The maximum Gasteiger partial charge on any atom is 0.387 e. The molecular weight excluding hydrogens is 235 g/mol. The van der Waals surface area contributed by atoms with E-state index >= 15 is 0 Å². The van der Waals surface area contributed by atoms with Crippen LogP contribution in [0.15, 0.2) is 18.2 Å². The summed E-state index contributed by atoms with van der Waals surface area (Å²) in [7, 11) is 0. The highest BCUT2D eigenvalue weighted by molar-refractivity contribution is 6.00. The number of carbonyl (C=O) groups is 1. The third-order valence-electron chi connectivity index (χ3n) is 1.62. The Hall–Kier alpha value is -1.66. The maximum absolute atomic E-state index is 12.7. The molecule has 1 aromatic carbocycles. The van der Waals surface area contributed by atoms with E-state index in [4.69, 9.17) is 0 Å². The van der Waals surface area contributed by atoms with Gasteiger partial charge in [-0.25, -0.2) is 13.2 Å². The average Bonchev–Trinajstić information content (AvgIpc) is 2.18. The molecule has 0 spiro atoms. The summed E-state index contributed by atoms with van der Waals surface area (Å²) in [5.74, 6) is -3.54. The fraction of sp³-hybridized carbons (Fsp3) is 0.222. The van der Waals surface area contributed by atoms with Crippen molar-refractivity contribution >= 4 is 5.78 Å². The number of hydrogen-bond acceptors (Lipinski definition) is 2. The smallest absolute Gasteiger partial charge is 0.387 e. The maximum atomic E-state index is 12.7. The Kier molecular flexibility index (Phi) is 3.81. The van der Waals surface area contributed by atoms with Crippen molar-refractivity contribution in [1.82, 2.24) is 0 Å². The van der Waals surface area contributed by atoms with Crippen LogP contribution in [0.25, 0.3) is 0 Å². The van der Waals surface area contributed by atoms with Crippen LogP contribution in [0, 0.1) is 5.82 Å². The Labute approximate surface area is 86.6 Å². The van der Waals surface area contributed by atoms with Gasteiger partial charge in [0, 0.05) is 0 Å². The molecule has 0 N–H and O–H groups in total. The number of rotatable bonds is 4. The molecule has 0 radical (unpaired) electrons. The quantitative estimate of drug-likeness (QED) is 0.597. The van der Waals surface area contributed by atoms with Crippen LogP contribution in [0.3, 0.4) is 0 Å². The lowest BCUT2D eigenvalue weighted by Crippen LogP contribution is -2.14. The molecule has 0 atom stereocenters. The van der Waals surface area contributed by atoms with Crippen LogP contribution < -0.4 is 4.74 Å². The van der Waals surface area contributed by atoms with E-state index in [0.717, 1.165) is 6.07 Å². The van der Waals surface area contributed by atoms with Gasteiger partial charge in [0.05, 0.1) is 5.56 Å². The second kappa shape index (κ2) is 4.91. The first kappa shape index (κ1) is 12.4. The van der Waals surface area contributed by atoms with Gasteiger partial charge in [-0.1, -0.05) is 0 Å². The number of Topliss-reactive ketones (excluding diaryl/α,β-unsaturated/α-hetero) is 1. The van der Waals surface area contributed by atoms with Gasteiger partial charge in [-0.2, -0.15) is 8.78 Å². The molecule has 7 heteroatoms. The molecule has 0 aromatic heterocycles. The van der Waals surface area contributed by atoms with Gasteiger partial charge in [0.25, 0.3) is 0 Å². The molecule has 0 amide bonds. The summed E-state index contributed by atoms with van der Waals surface area (Å²) in [5, 5.41) is 0. The second-order valence-electron chi connectivity index (χ2n) is 2.68. The van der Waals surface area contributed by atoms with Gasteiger partial charge in [0.15, 0.2) is 0 Å². The average molecular weight is 240 g/mol. The highest BCUT2D eigenvalue weighted by Gasteiger charge is 2.23. The molecule has 16 heavy (non-hydrogen) atoms. The van der Waals surface area contributed by atoms with Gasteiger partial charge in [-0.15, -0.1) is 0 Å². The zero-order valence-electron chi connectivity index (χ0n) is 7.59. The van der Waals surface area contributed by atoms with Crippen molar-refractivity contribution in [3.63, 3.8) is 0 Å². The van der Waals surface area contributed by atoms with E-state index in [0.29, 0.717) is 12.1 Å². The zero-order valence-corrected chi connectivity index (χ0v) is 7.59. The second-order valence-corrected chi connectivity index (χ2v) is 2.68. The third-order valence-corrected chi connectivity index (χ3v) is 1.62. The molecule has 0 fully saturated rings. The summed E-state index contributed by atoms with van der Waals surface area (Å²) in [6, 6.07) is 1.84. The monoisotopic (exact) mass is 240 g/mol. The summed E-state index contributed by atoms with van der Waals surface area (Å²) in [6.07, 6.45) is -3.41. The highest BCUT2D eigenvalue weighted by atomic mass is 19.3. The summed E-state index contributed by atoms with van der Waals surface area (Å²) in [5.41, 5.74) is -0.907. The number of ketones is 1. The summed E-state index contributed by atoms with van der Waals surface area (Å²) in [4.78, 5) is 10.9. The predicted molar refractivity (Wildman–Crippen MR) is 43.4 cm³/mol. The SMILES string of the molecule is O=C(c1cc(F)ccc1OC(F)F)C(F)F. The number of benzene rings is 1. The molecule has 0 unspecified atom stereocenters. The number of halogens is 5. The minimum Gasteiger partial charge on any atom is -0.434 e. The van der Waals surface area contributed by atoms with E-state index in [1.165, 1.54) is 0 Å². The summed E-state index contributed by atoms with van der Waals surface area (Å²) >= 11 is 0. The molecule has 88 valence electrons. The van der Waals surface area contributed by atoms with Crippen LogP contribution in [0.4, 0.5) is 22.0 Å². The summed E-state index contributed by atoms with van der Waals surface area (Å²) in [6.45, 7) is -3.28. The number of hydrogen-bond donors (Lipinski definition) is 0. The Morgan fingerprint density at radius 2 is 1.81 bits per heavy atom. The van der Waals surface area contributed by atoms with Crippen LogP contribution in [0.5, 0.6) is 5.75 Å². The fourth-order valence-corrected chi connectivity index (χ4v) is 1.01. The number of ether oxygens (including phenoxy) is 1. The molecular formula is C9H5F5O2. The van der Waals surface area contributed by atoms with Gasteiger partial charge < -0.3 is 4.74 Å². The van der Waals surface area contributed by atoms with Gasteiger partial charge in [0.2, 0.25) is 5.78 Å². The molecule has 0 aliphatic rings. The first-order valence-electron chi connectivity index (χ1n) is 3.98. The van der Waals surface area contributed by atoms with Crippen LogP contribution in [0.1, 0.15) is 10.4 Å². The normalized spacial score (nSPS) is 10.9. The van der Waals surface area contributed by atoms with Crippen molar-refractivity contribution < 1.29 is 31.5 Å². The van der Waals surface area contributed by atoms with Crippen LogP contribution >= 0.6 is 0 Å². The summed E-state index contributed by atoms with van der Waals surface area (Å²) < 4.78 is 64.3. The van der Waals surface area contributed by atoms with Crippen molar-refractivity contribution in [1.29, 1.82) is 0 Å². The Morgan fingerprint density at radius 3 is 2.31 bits per heavy atom. The van der Waals surface area contributed by atoms with E-state index in [-0.39, 0.29) is 0 Å².